The average Bonchev–Trinajstić information content (AvgIpc) is 2.72. The zero-order valence-electron chi connectivity index (χ0n) is 12.7. The van der Waals surface area contributed by atoms with Crippen molar-refractivity contribution in [3.8, 4) is 0 Å². The highest BCUT2D eigenvalue weighted by atomic mass is 32.1. The molecule has 10 heteroatoms. The number of amides is 3. The van der Waals surface area contributed by atoms with Crippen LogP contribution in [0.3, 0.4) is 0 Å². The third kappa shape index (κ3) is 3.82. The van der Waals surface area contributed by atoms with Crippen molar-refractivity contribution in [3.05, 3.63) is 39.4 Å². The van der Waals surface area contributed by atoms with Gasteiger partial charge in [-0.15, -0.1) is 0 Å². The van der Waals surface area contributed by atoms with E-state index in [1.54, 1.807) is 0 Å². The molecule has 1 aliphatic heterocycles. The minimum atomic E-state index is -1.02. The van der Waals surface area contributed by atoms with Crippen molar-refractivity contribution >= 4 is 36.2 Å². The number of primary amides is 1. The SMILES string of the molecule is CC(OC(N)=O)c1cc(CN2C(=O)CC(S)C2=O)cc([N+](=O)[O-])c1. The minimum absolute atomic E-state index is 0.00901. The second kappa shape index (κ2) is 6.87. The van der Waals surface area contributed by atoms with Gasteiger partial charge in [-0.2, -0.15) is 12.6 Å². The molecule has 0 saturated carbocycles. The number of nitro groups is 1. The van der Waals surface area contributed by atoms with Crippen molar-refractivity contribution in [2.75, 3.05) is 0 Å². The summed E-state index contributed by atoms with van der Waals surface area (Å²) in [6.45, 7) is 1.39. The molecule has 0 aromatic heterocycles. The quantitative estimate of drug-likeness (QED) is 0.355. The van der Waals surface area contributed by atoms with Crippen LogP contribution >= 0.6 is 12.6 Å². The first-order chi connectivity index (χ1) is 11.2. The van der Waals surface area contributed by atoms with Gasteiger partial charge in [-0.25, -0.2) is 4.79 Å². The van der Waals surface area contributed by atoms with Crippen LogP contribution in [0.4, 0.5) is 10.5 Å². The van der Waals surface area contributed by atoms with Crippen LogP contribution in [-0.2, 0) is 20.9 Å². The molecule has 9 nitrogen and oxygen atoms in total. The van der Waals surface area contributed by atoms with Gasteiger partial charge in [0.25, 0.3) is 5.69 Å². The van der Waals surface area contributed by atoms with Crippen molar-refractivity contribution < 1.29 is 24.0 Å². The molecule has 1 saturated heterocycles. The molecule has 1 aromatic rings. The number of thiol groups is 1. The molecule has 2 unspecified atom stereocenters. The van der Waals surface area contributed by atoms with Crippen molar-refractivity contribution in [1.82, 2.24) is 4.90 Å². The van der Waals surface area contributed by atoms with Crippen LogP contribution in [0.1, 0.15) is 30.6 Å². The van der Waals surface area contributed by atoms with E-state index in [2.05, 4.69) is 12.6 Å². The van der Waals surface area contributed by atoms with Crippen LogP contribution in [0.5, 0.6) is 0 Å². The molecular weight excluding hydrogens is 338 g/mol. The second-order valence-corrected chi connectivity index (χ2v) is 5.93. The molecule has 2 N–H and O–H groups in total. The Kier molecular flexibility index (Phi) is 5.07. The van der Waals surface area contributed by atoms with Crippen molar-refractivity contribution in [3.63, 3.8) is 0 Å². The number of imide groups is 1. The van der Waals surface area contributed by atoms with Crippen LogP contribution < -0.4 is 5.73 Å². The van der Waals surface area contributed by atoms with Gasteiger partial charge in [-0.05, 0) is 24.1 Å². The van der Waals surface area contributed by atoms with E-state index in [0.29, 0.717) is 11.1 Å². The molecule has 128 valence electrons. The van der Waals surface area contributed by atoms with Gasteiger partial charge in [0.15, 0.2) is 0 Å². The number of hydrogen-bond donors (Lipinski definition) is 2. The molecule has 0 bridgehead atoms. The number of nitro benzene ring substituents is 1. The number of hydrogen-bond acceptors (Lipinski definition) is 7. The van der Waals surface area contributed by atoms with Gasteiger partial charge in [0.2, 0.25) is 11.8 Å². The molecule has 1 aliphatic rings. The number of benzene rings is 1. The third-order valence-electron chi connectivity index (χ3n) is 3.53. The van der Waals surface area contributed by atoms with Gasteiger partial charge >= 0.3 is 6.09 Å². The summed E-state index contributed by atoms with van der Waals surface area (Å²) in [5.74, 6) is -0.840. The first-order valence-electron chi connectivity index (χ1n) is 6.95. The van der Waals surface area contributed by atoms with E-state index in [0.717, 1.165) is 4.90 Å². The number of ether oxygens (including phenoxy) is 1. The molecular formula is C14H15N3O6S. The lowest BCUT2D eigenvalue weighted by Crippen LogP contribution is -2.30. The number of nitrogens with two attached hydrogens (primary N) is 1. The maximum atomic E-state index is 11.9. The maximum Gasteiger partial charge on any atom is 0.405 e. The Labute approximate surface area is 142 Å². The van der Waals surface area contributed by atoms with Crippen LogP contribution in [-0.4, -0.2) is 33.0 Å². The van der Waals surface area contributed by atoms with Crippen LogP contribution in [0.25, 0.3) is 0 Å². The molecule has 0 aliphatic carbocycles. The van der Waals surface area contributed by atoms with E-state index >= 15 is 0 Å². The largest absolute Gasteiger partial charge is 0.442 e. The fourth-order valence-corrected chi connectivity index (χ4v) is 2.68. The van der Waals surface area contributed by atoms with E-state index < -0.39 is 34.2 Å². The van der Waals surface area contributed by atoms with Crippen LogP contribution in [0, 0.1) is 10.1 Å². The molecule has 1 aromatic carbocycles. The van der Waals surface area contributed by atoms with Gasteiger partial charge in [-0.1, -0.05) is 0 Å². The maximum absolute atomic E-state index is 11.9. The Bertz CT molecular complexity index is 722. The lowest BCUT2D eigenvalue weighted by molar-refractivity contribution is -0.385. The highest BCUT2D eigenvalue weighted by molar-refractivity contribution is 7.81. The van der Waals surface area contributed by atoms with Gasteiger partial charge in [0, 0.05) is 18.6 Å². The van der Waals surface area contributed by atoms with Crippen molar-refractivity contribution in [2.24, 2.45) is 5.73 Å². The van der Waals surface area contributed by atoms with Gasteiger partial charge in [0.05, 0.1) is 16.7 Å². The Balaban J connectivity index is 2.33. The third-order valence-corrected chi connectivity index (χ3v) is 3.94. The van der Waals surface area contributed by atoms with E-state index in [-0.39, 0.29) is 18.7 Å². The second-order valence-electron chi connectivity index (χ2n) is 5.31. The topological polar surface area (TPSA) is 133 Å². The van der Waals surface area contributed by atoms with Crippen LogP contribution in [0.2, 0.25) is 0 Å². The summed E-state index contributed by atoms with van der Waals surface area (Å²) in [6.07, 6.45) is -1.84. The van der Waals surface area contributed by atoms with Gasteiger partial charge in [-0.3, -0.25) is 24.6 Å². The van der Waals surface area contributed by atoms with Crippen LogP contribution in [0.15, 0.2) is 18.2 Å². The van der Waals surface area contributed by atoms with E-state index in [4.69, 9.17) is 10.5 Å². The van der Waals surface area contributed by atoms with Gasteiger partial charge in [0.1, 0.15) is 6.10 Å². The number of non-ortho nitro benzene ring substituents is 1. The predicted octanol–water partition coefficient (Wildman–Crippen LogP) is 1.31. The molecule has 2 atom stereocenters. The average molecular weight is 353 g/mol. The summed E-state index contributed by atoms with van der Waals surface area (Å²) in [5.41, 5.74) is 5.40. The first-order valence-corrected chi connectivity index (χ1v) is 7.47. The van der Waals surface area contributed by atoms with E-state index in [9.17, 15) is 24.5 Å². The highest BCUT2D eigenvalue weighted by Gasteiger charge is 2.36. The van der Waals surface area contributed by atoms with Crippen molar-refractivity contribution in [1.29, 1.82) is 0 Å². The fourth-order valence-electron chi connectivity index (χ4n) is 2.39. The molecule has 1 heterocycles. The number of nitrogens with zero attached hydrogens (tertiary/aromatic N) is 2. The van der Waals surface area contributed by atoms with Crippen molar-refractivity contribution in [2.45, 2.75) is 31.2 Å². The summed E-state index contributed by atoms with van der Waals surface area (Å²) in [7, 11) is 0. The molecule has 2 rings (SSSR count). The van der Waals surface area contributed by atoms with Gasteiger partial charge < -0.3 is 10.5 Å². The summed E-state index contributed by atoms with van der Waals surface area (Å²) in [6, 6.07) is 4.02. The lowest BCUT2D eigenvalue weighted by atomic mass is 10.0. The monoisotopic (exact) mass is 353 g/mol. The summed E-state index contributed by atoms with van der Waals surface area (Å²) in [5, 5.41) is 10.4. The fraction of sp³-hybridized carbons (Fsp3) is 0.357. The number of carbonyl (C=O) groups is 3. The standard InChI is InChI=1S/C14H15N3O6S/c1-7(23-14(15)20)9-2-8(3-10(4-9)17(21)22)6-16-12(18)5-11(24)13(16)19/h2-4,7,11,24H,5-6H2,1H3,(H2,15,20). The Hall–Kier alpha value is -2.62. The first kappa shape index (κ1) is 17.7. The number of rotatable bonds is 5. The molecule has 0 radical (unpaired) electrons. The number of likely N-dealkylation sites (tertiary alicyclic amines) is 1. The minimum Gasteiger partial charge on any atom is -0.442 e. The van der Waals surface area contributed by atoms with E-state index in [1.807, 2.05) is 0 Å². The lowest BCUT2D eigenvalue weighted by Gasteiger charge is -2.17. The zero-order chi connectivity index (χ0) is 18.0. The molecule has 0 spiro atoms. The normalized spacial score (nSPS) is 18.6. The predicted molar refractivity (Wildman–Crippen MR) is 85.1 cm³/mol. The Morgan fingerprint density at radius 3 is 2.67 bits per heavy atom. The Morgan fingerprint density at radius 1 is 1.50 bits per heavy atom. The molecule has 3 amide bonds. The molecule has 1 fully saturated rings. The zero-order valence-corrected chi connectivity index (χ0v) is 13.6. The smallest absolute Gasteiger partial charge is 0.405 e. The Morgan fingerprint density at radius 2 is 2.17 bits per heavy atom. The molecule has 24 heavy (non-hydrogen) atoms. The van der Waals surface area contributed by atoms with E-state index in [1.165, 1.54) is 25.1 Å². The summed E-state index contributed by atoms with van der Waals surface area (Å²) in [4.78, 5) is 46.0. The number of carbonyl (C=O) groups excluding carboxylic acids is 3. The summed E-state index contributed by atoms with van der Waals surface area (Å²) >= 11 is 4.02. The summed E-state index contributed by atoms with van der Waals surface area (Å²) < 4.78 is 4.81. The highest BCUT2D eigenvalue weighted by Crippen LogP contribution is 2.27.